The van der Waals surface area contributed by atoms with Crippen molar-refractivity contribution in [1.29, 1.82) is 5.41 Å². The predicted molar refractivity (Wildman–Crippen MR) is 59.1 cm³/mol. The van der Waals surface area contributed by atoms with Gasteiger partial charge in [-0.1, -0.05) is 11.8 Å². The second kappa shape index (κ2) is 5.35. The lowest BCUT2D eigenvalue weighted by Gasteiger charge is -2.09. The SMILES string of the molecule is N=C(N=C(N)N)SCC(=O)N1CCOC1=O. The van der Waals surface area contributed by atoms with Crippen LogP contribution >= 0.6 is 11.8 Å². The lowest BCUT2D eigenvalue weighted by Crippen LogP contribution is -2.33. The number of ether oxygens (including phenoxy) is 1. The van der Waals surface area contributed by atoms with Crippen LogP contribution in [0, 0.1) is 5.41 Å². The summed E-state index contributed by atoms with van der Waals surface area (Å²) >= 11 is 0.839. The fourth-order valence-electron chi connectivity index (χ4n) is 0.978. The van der Waals surface area contributed by atoms with Crippen molar-refractivity contribution < 1.29 is 14.3 Å². The van der Waals surface area contributed by atoms with E-state index in [1.807, 2.05) is 0 Å². The maximum absolute atomic E-state index is 11.4. The number of imide groups is 1. The standard InChI is InChI=1S/C7H11N5O3S/c8-5(9)11-6(10)16-3-4(13)12-1-2-15-7(12)14/h1-3H2,(H5,8,9,10,11). The summed E-state index contributed by atoms with van der Waals surface area (Å²) in [6.07, 6.45) is -0.654. The third-order valence-electron chi connectivity index (χ3n) is 1.62. The van der Waals surface area contributed by atoms with Gasteiger partial charge in [0.15, 0.2) is 11.1 Å². The molecule has 0 spiro atoms. The molecule has 0 saturated carbocycles. The Bertz CT molecular complexity index is 352. The molecule has 1 aliphatic heterocycles. The van der Waals surface area contributed by atoms with E-state index in [2.05, 4.69) is 9.73 Å². The van der Waals surface area contributed by atoms with E-state index in [0.29, 0.717) is 0 Å². The van der Waals surface area contributed by atoms with Gasteiger partial charge in [-0.25, -0.2) is 9.69 Å². The highest BCUT2D eigenvalue weighted by atomic mass is 32.2. The smallest absolute Gasteiger partial charge is 0.416 e. The molecule has 0 aliphatic carbocycles. The van der Waals surface area contributed by atoms with Crippen LogP contribution in [0.3, 0.4) is 0 Å². The zero-order valence-corrected chi connectivity index (χ0v) is 9.12. The number of hydrogen-bond donors (Lipinski definition) is 3. The monoisotopic (exact) mass is 245 g/mol. The first-order valence-corrected chi connectivity index (χ1v) is 5.27. The van der Waals surface area contributed by atoms with Gasteiger partial charge in [0.2, 0.25) is 5.91 Å². The average Bonchev–Trinajstić information content (AvgIpc) is 2.60. The van der Waals surface area contributed by atoms with Crippen molar-refractivity contribution in [2.24, 2.45) is 16.5 Å². The Morgan fingerprint density at radius 3 is 2.81 bits per heavy atom. The van der Waals surface area contributed by atoms with Crippen molar-refractivity contribution in [3.63, 3.8) is 0 Å². The van der Waals surface area contributed by atoms with Gasteiger partial charge in [0.1, 0.15) is 6.61 Å². The van der Waals surface area contributed by atoms with Crippen LogP contribution in [0.15, 0.2) is 4.99 Å². The summed E-state index contributed by atoms with van der Waals surface area (Å²) in [5.41, 5.74) is 10.1. The highest BCUT2D eigenvalue weighted by Crippen LogP contribution is 2.09. The van der Waals surface area contributed by atoms with Gasteiger partial charge in [0.25, 0.3) is 0 Å². The van der Waals surface area contributed by atoms with Crippen molar-refractivity contribution in [2.75, 3.05) is 18.9 Å². The molecule has 0 atom stereocenters. The number of carbonyl (C=O) groups is 2. The number of cyclic esters (lactones) is 1. The molecule has 0 bridgehead atoms. The van der Waals surface area contributed by atoms with Crippen LogP contribution < -0.4 is 11.5 Å². The van der Waals surface area contributed by atoms with Crippen LogP contribution in [0.5, 0.6) is 0 Å². The van der Waals surface area contributed by atoms with Crippen molar-refractivity contribution >= 4 is 34.9 Å². The van der Waals surface area contributed by atoms with E-state index in [1.165, 1.54) is 0 Å². The van der Waals surface area contributed by atoms with Crippen LogP contribution in [0.4, 0.5) is 4.79 Å². The Labute approximate surface area is 95.5 Å². The van der Waals surface area contributed by atoms with Crippen LogP contribution in [-0.2, 0) is 9.53 Å². The molecule has 16 heavy (non-hydrogen) atoms. The fourth-order valence-corrected chi connectivity index (χ4v) is 1.56. The zero-order chi connectivity index (χ0) is 12.1. The predicted octanol–water partition coefficient (Wildman–Crippen LogP) is -1.09. The fraction of sp³-hybridized carbons (Fsp3) is 0.429. The first-order chi connectivity index (χ1) is 7.50. The number of thioether (sulfide) groups is 1. The number of rotatable bonds is 2. The first kappa shape index (κ1) is 12.3. The summed E-state index contributed by atoms with van der Waals surface area (Å²) in [7, 11) is 0. The molecular weight excluding hydrogens is 234 g/mol. The van der Waals surface area contributed by atoms with Gasteiger partial charge >= 0.3 is 6.09 Å². The number of carbonyl (C=O) groups excluding carboxylic acids is 2. The van der Waals surface area contributed by atoms with Gasteiger partial charge in [-0.15, -0.1) is 0 Å². The molecule has 1 rings (SSSR count). The number of guanidine groups is 1. The summed E-state index contributed by atoms with van der Waals surface area (Å²) in [5.74, 6) is -0.751. The molecule has 8 nitrogen and oxygen atoms in total. The lowest BCUT2D eigenvalue weighted by atomic mass is 10.5. The van der Waals surface area contributed by atoms with Crippen LogP contribution in [0.1, 0.15) is 0 Å². The molecule has 1 saturated heterocycles. The summed E-state index contributed by atoms with van der Waals surface area (Å²) in [4.78, 5) is 26.8. The number of nitrogens with one attached hydrogen (secondary N) is 1. The molecule has 0 unspecified atom stereocenters. The molecule has 0 aromatic rings. The van der Waals surface area contributed by atoms with Crippen LogP contribution in [-0.4, -0.2) is 46.9 Å². The molecule has 9 heteroatoms. The Hall–Kier alpha value is -1.77. The summed E-state index contributed by atoms with van der Waals surface area (Å²) in [5, 5.41) is 7.08. The van der Waals surface area contributed by atoms with Crippen molar-refractivity contribution in [1.82, 2.24) is 4.90 Å². The van der Waals surface area contributed by atoms with Gasteiger partial charge in [-0.05, 0) is 0 Å². The Balaban J connectivity index is 2.38. The Kier molecular flexibility index (Phi) is 4.11. The average molecular weight is 245 g/mol. The number of nitrogens with zero attached hydrogens (tertiary/aromatic N) is 2. The summed E-state index contributed by atoms with van der Waals surface area (Å²) < 4.78 is 4.59. The van der Waals surface area contributed by atoms with Crippen molar-refractivity contribution in [3.8, 4) is 0 Å². The lowest BCUT2D eigenvalue weighted by molar-refractivity contribution is -0.124. The highest BCUT2D eigenvalue weighted by Gasteiger charge is 2.28. The van der Waals surface area contributed by atoms with E-state index in [9.17, 15) is 9.59 Å². The third-order valence-corrected chi connectivity index (χ3v) is 2.38. The van der Waals surface area contributed by atoms with E-state index in [0.717, 1.165) is 16.7 Å². The quantitative estimate of drug-likeness (QED) is 0.417. The zero-order valence-electron chi connectivity index (χ0n) is 8.30. The molecule has 5 N–H and O–H groups in total. The number of amides is 2. The Morgan fingerprint density at radius 2 is 2.31 bits per heavy atom. The largest absolute Gasteiger partial charge is 0.447 e. The van der Waals surface area contributed by atoms with Gasteiger partial charge in [-0.3, -0.25) is 10.2 Å². The normalized spacial score (nSPS) is 14.5. The molecular formula is C7H11N5O3S. The summed E-state index contributed by atoms with van der Waals surface area (Å²) in [6.45, 7) is 0.453. The number of amidine groups is 1. The van der Waals surface area contributed by atoms with E-state index < -0.39 is 12.0 Å². The van der Waals surface area contributed by atoms with Crippen molar-refractivity contribution in [2.45, 2.75) is 0 Å². The topological polar surface area (TPSA) is 135 Å². The van der Waals surface area contributed by atoms with Crippen molar-refractivity contribution in [3.05, 3.63) is 0 Å². The molecule has 0 aromatic heterocycles. The minimum atomic E-state index is -0.654. The van der Waals surface area contributed by atoms with E-state index in [-0.39, 0.29) is 30.0 Å². The maximum Gasteiger partial charge on any atom is 0.416 e. The minimum Gasteiger partial charge on any atom is -0.447 e. The summed E-state index contributed by atoms with van der Waals surface area (Å²) in [6, 6.07) is 0. The van der Waals surface area contributed by atoms with Crippen LogP contribution in [0.2, 0.25) is 0 Å². The van der Waals surface area contributed by atoms with Gasteiger partial charge in [-0.2, -0.15) is 4.99 Å². The molecule has 0 radical (unpaired) electrons. The second-order valence-corrected chi connectivity index (χ2v) is 3.75. The van der Waals surface area contributed by atoms with E-state index in [1.54, 1.807) is 0 Å². The van der Waals surface area contributed by atoms with E-state index in [4.69, 9.17) is 16.9 Å². The van der Waals surface area contributed by atoms with Gasteiger partial charge < -0.3 is 16.2 Å². The third kappa shape index (κ3) is 3.42. The highest BCUT2D eigenvalue weighted by molar-refractivity contribution is 8.14. The molecule has 1 aliphatic rings. The van der Waals surface area contributed by atoms with E-state index >= 15 is 0 Å². The number of aliphatic imine (C=N–C) groups is 1. The number of hydrogen-bond acceptors (Lipinski definition) is 5. The first-order valence-electron chi connectivity index (χ1n) is 4.29. The minimum absolute atomic E-state index is 0.0787. The molecule has 0 aromatic carbocycles. The Morgan fingerprint density at radius 1 is 1.62 bits per heavy atom. The van der Waals surface area contributed by atoms with Gasteiger partial charge in [0, 0.05) is 0 Å². The maximum atomic E-state index is 11.4. The second-order valence-electron chi connectivity index (χ2n) is 2.79. The number of nitrogens with two attached hydrogens (primary N) is 2. The molecule has 88 valence electrons. The molecule has 1 fully saturated rings. The molecule has 2 amide bonds. The van der Waals surface area contributed by atoms with Gasteiger partial charge in [0.05, 0.1) is 12.3 Å². The molecule has 1 heterocycles. The van der Waals surface area contributed by atoms with Crippen LogP contribution in [0.25, 0.3) is 0 Å².